The molecule has 0 aliphatic heterocycles. The Balaban J connectivity index is 1.63. The fraction of sp³-hybridized carbons (Fsp3) is 0.158. The van der Waals surface area contributed by atoms with Crippen molar-refractivity contribution in [3.8, 4) is 11.3 Å². The molecule has 116 valence electrons. The first-order chi connectivity index (χ1) is 11.2. The summed E-state index contributed by atoms with van der Waals surface area (Å²) in [6, 6.07) is 20.0. The monoisotopic (exact) mass is 322 g/mol. The average molecular weight is 322 g/mol. The van der Waals surface area contributed by atoms with Gasteiger partial charge in [-0.1, -0.05) is 60.7 Å². The SMILES string of the molecule is Cc1sc(CC(=O)NCc2ccccc2)nc1-c1ccccc1. The number of hydrogen-bond donors (Lipinski definition) is 1. The van der Waals surface area contributed by atoms with Gasteiger partial charge >= 0.3 is 0 Å². The van der Waals surface area contributed by atoms with E-state index in [1.54, 1.807) is 11.3 Å². The molecule has 0 saturated carbocycles. The van der Waals surface area contributed by atoms with Crippen molar-refractivity contribution in [2.75, 3.05) is 0 Å². The van der Waals surface area contributed by atoms with E-state index in [1.165, 1.54) is 0 Å². The lowest BCUT2D eigenvalue weighted by Gasteiger charge is -2.03. The summed E-state index contributed by atoms with van der Waals surface area (Å²) in [6.07, 6.45) is 0.325. The fourth-order valence-corrected chi connectivity index (χ4v) is 3.34. The number of aromatic nitrogens is 1. The van der Waals surface area contributed by atoms with Crippen molar-refractivity contribution in [1.82, 2.24) is 10.3 Å². The van der Waals surface area contributed by atoms with Crippen LogP contribution in [0.15, 0.2) is 60.7 Å². The van der Waals surface area contributed by atoms with Gasteiger partial charge in [-0.05, 0) is 12.5 Å². The molecular formula is C19H18N2OS. The highest BCUT2D eigenvalue weighted by atomic mass is 32.1. The van der Waals surface area contributed by atoms with Crippen LogP contribution in [0.2, 0.25) is 0 Å². The van der Waals surface area contributed by atoms with Crippen LogP contribution in [0.4, 0.5) is 0 Å². The molecule has 0 atom stereocenters. The molecule has 3 nitrogen and oxygen atoms in total. The highest BCUT2D eigenvalue weighted by molar-refractivity contribution is 7.12. The van der Waals surface area contributed by atoms with Gasteiger partial charge < -0.3 is 5.32 Å². The first kappa shape index (κ1) is 15.4. The number of thiazole rings is 1. The van der Waals surface area contributed by atoms with Gasteiger partial charge in [0.25, 0.3) is 0 Å². The van der Waals surface area contributed by atoms with Crippen molar-refractivity contribution in [1.29, 1.82) is 0 Å². The molecular weight excluding hydrogens is 304 g/mol. The summed E-state index contributed by atoms with van der Waals surface area (Å²) in [7, 11) is 0. The van der Waals surface area contributed by atoms with Gasteiger partial charge in [0.1, 0.15) is 5.01 Å². The molecule has 2 aromatic carbocycles. The normalized spacial score (nSPS) is 10.5. The topological polar surface area (TPSA) is 42.0 Å². The lowest BCUT2D eigenvalue weighted by molar-refractivity contribution is -0.120. The van der Waals surface area contributed by atoms with Crippen molar-refractivity contribution in [3.05, 3.63) is 76.1 Å². The van der Waals surface area contributed by atoms with Crippen LogP contribution in [0, 0.1) is 6.92 Å². The zero-order valence-electron chi connectivity index (χ0n) is 13.0. The van der Waals surface area contributed by atoms with Crippen molar-refractivity contribution in [2.24, 2.45) is 0 Å². The lowest BCUT2D eigenvalue weighted by atomic mass is 10.1. The zero-order valence-corrected chi connectivity index (χ0v) is 13.8. The number of rotatable bonds is 5. The van der Waals surface area contributed by atoms with Gasteiger partial charge in [-0.15, -0.1) is 11.3 Å². The Kier molecular flexibility index (Phi) is 4.83. The van der Waals surface area contributed by atoms with Crippen molar-refractivity contribution in [2.45, 2.75) is 19.9 Å². The maximum atomic E-state index is 12.1. The second kappa shape index (κ2) is 7.20. The predicted molar refractivity (Wildman–Crippen MR) is 94.3 cm³/mol. The molecule has 1 N–H and O–H groups in total. The van der Waals surface area contributed by atoms with Crippen LogP contribution in [0.3, 0.4) is 0 Å². The summed E-state index contributed by atoms with van der Waals surface area (Å²) in [5, 5.41) is 3.80. The van der Waals surface area contributed by atoms with Crippen LogP contribution in [-0.4, -0.2) is 10.9 Å². The molecule has 0 radical (unpaired) electrons. The van der Waals surface area contributed by atoms with Gasteiger partial charge in [-0.2, -0.15) is 0 Å². The number of nitrogens with one attached hydrogen (secondary N) is 1. The molecule has 1 aromatic heterocycles. The Morgan fingerprint density at radius 2 is 1.70 bits per heavy atom. The van der Waals surface area contributed by atoms with Crippen molar-refractivity contribution in [3.63, 3.8) is 0 Å². The number of hydrogen-bond acceptors (Lipinski definition) is 3. The Labute approximate surface area is 140 Å². The first-order valence-electron chi connectivity index (χ1n) is 7.55. The van der Waals surface area contributed by atoms with E-state index in [0.717, 1.165) is 26.7 Å². The third-order valence-electron chi connectivity index (χ3n) is 3.53. The summed E-state index contributed by atoms with van der Waals surface area (Å²) in [5.74, 6) is 0.00205. The van der Waals surface area contributed by atoms with Gasteiger partial charge in [-0.3, -0.25) is 4.79 Å². The van der Waals surface area contributed by atoms with E-state index in [1.807, 2.05) is 67.6 Å². The number of nitrogens with zero attached hydrogens (tertiary/aromatic N) is 1. The lowest BCUT2D eigenvalue weighted by Crippen LogP contribution is -2.24. The Morgan fingerprint density at radius 3 is 2.39 bits per heavy atom. The Hall–Kier alpha value is -2.46. The van der Waals surface area contributed by atoms with Crippen LogP contribution in [0.25, 0.3) is 11.3 Å². The smallest absolute Gasteiger partial charge is 0.227 e. The van der Waals surface area contributed by atoms with Crippen LogP contribution in [-0.2, 0) is 17.8 Å². The molecule has 0 aliphatic rings. The largest absolute Gasteiger partial charge is 0.352 e. The number of aryl methyl sites for hydroxylation is 1. The average Bonchev–Trinajstić information content (AvgIpc) is 2.95. The van der Waals surface area contributed by atoms with Gasteiger partial charge in [0.15, 0.2) is 0 Å². The standard InChI is InChI=1S/C19H18N2OS/c1-14-19(16-10-6-3-7-11-16)21-18(23-14)12-17(22)20-13-15-8-4-2-5-9-15/h2-11H,12-13H2,1H3,(H,20,22). The molecule has 23 heavy (non-hydrogen) atoms. The van der Waals surface area contributed by atoms with Crippen LogP contribution in [0.5, 0.6) is 0 Å². The van der Waals surface area contributed by atoms with Crippen molar-refractivity contribution >= 4 is 17.2 Å². The molecule has 0 fully saturated rings. The first-order valence-corrected chi connectivity index (χ1v) is 8.36. The second-order valence-corrected chi connectivity index (χ2v) is 6.61. The molecule has 1 amide bonds. The zero-order chi connectivity index (χ0) is 16.1. The summed E-state index contributed by atoms with van der Waals surface area (Å²) >= 11 is 1.59. The highest BCUT2D eigenvalue weighted by Gasteiger charge is 2.12. The van der Waals surface area contributed by atoms with E-state index < -0.39 is 0 Å². The Bertz CT molecular complexity index is 782. The third-order valence-corrected chi connectivity index (χ3v) is 4.50. The number of carbonyl (C=O) groups excluding carboxylic acids is 1. The number of amides is 1. The van der Waals surface area contributed by atoms with Gasteiger partial charge in [0.2, 0.25) is 5.91 Å². The molecule has 0 bridgehead atoms. The maximum absolute atomic E-state index is 12.1. The van der Waals surface area contributed by atoms with Crippen LogP contribution >= 0.6 is 11.3 Å². The molecule has 4 heteroatoms. The minimum Gasteiger partial charge on any atom is -0.352 e. The molecule has 0 unspecified atom stereocenters. The maximum Gasteiger partial charge on any atom is 0.227 e. The Morgan fingerprint density at radius 1 is 1.04 bits per heavy atom. The van der Waals surface area contributed by atoms with E-state index >= 15 is 0 Å². The fourth-order valence-electron chi connectivity index (χ4n) is 2.39. The molecule has 0 aliphatic carbocycles. The van der Waals surface area contributed by atoms with Crippen LogP contribution in [0.1, 0.15) is 15.4 Å². The minimum atomic E-state index is 0.00205. The van der Waals surface area contributed by atoms with Gasteiger partial charge in [0.05, 0.1) is 12.1 Å². The van der Waals surface area contributed by atoms with Gasteiger partial charge in [0, 0.05) is 17.0 Å². The molecule has 1 heterocycles. The summed E-state index contributed by atoms with van der Waals surface area (Å²) in [5.41, 5.74) is 3.17. The van der Waals surface area contributed by atoms with E-state index in [4.69, 9.17) is 0 Å². The number of benzene rings is 2. The quantitative estimate of drug-likeness (QED) is 0.772. The third kappa shape index (κ3) is 4.05. The summed E-state index contributed by atoms with van der Waals surface area (Å²) < 4.78 is 0. The van der Waals surface area contributed by atoms with Crippen molar-refractivity contribution < 1.29 is 4.79 Å². The van der Waals surface area contributed by atoms with E-state index in [0.29, 0.717) is 13.0 Å². The molecule has 0 spiro atoms. The predicted octanol–water partition coefficient (Wildman–Crippen LogP) is 3.98. The van der Waals surface area contributed by atoms with Gasteiger partial charge in [-0.25, -0.2) is 4.98 Å². The molecule has 3 rings (SSSR count). The summed E-state index contributed by atoms with van der Waals surface area (Å²) in [4.78, 5) is 17.9. The molecule has 0 saturated heterocycles. The van der Waals surface area contributed by atoms with E-state index in [-0.39, 0.29) is 5.91 Å². The number of carbonyl (C=O) groups is 1. The minimum absolute atomic E-state index is 0.00205. The van der Waals surface area contributed by atoms with E-state index in [2.05, 4.69) is 10.3 Å². The second-order valence-electron chi connectivity index (χ2n) is 5.32. The molecule has 3 aromatic rings. The summed E-state index contributed by atoms with van der Waals surface area (Å²) in [6.45, 7) is 2.60. The van der Waals surface area contributed by atoms with E-state index in [9.17, 15) is 4.79 Å². The highest BCUT2D eigenvalue weighted by Crippen LogP contribution is 2.27. The van der Waals surface area contributed by atoms with Crippen LogP contribution < -0.4 is 5.32 Å².